The van der Waals surface area contributed by atoms with Crippen LogP contribution >= 0.6 is 0 Å². The smallest absolute Gasteiger partial charge is 0.239 e. The molecule has 0 bridgehead atoms. The van der Waals surface area contributed by atoms with Crippen LogP contribution in [0.25, 0.3) is 0 Å². The molecule has 0 N–H and O–H groups in total. The summed E-state index contributed by atoms with van der Waals surface area (Å²) >= 11 is 0. The first-order chi connectivity index (χ1) is 14.3. The lowest BCUT2D eigenvalue weighted by atomic mass is 9.91. The second kappa shape index (κ2) is 7.57. The number of ether oxygens (including phenoxy) is 5. The Bertz CT molecular complexity index is 924. The lowest BCUT2D eigenvalue weighted by Crippen LogP contribution is -2.42. The number of para-hydroxylation sites is 1. The number of rotatable bonds is 4. The van der Waals surface area contributed by atoms with Gasteiger partial charge in [0, 0.05) is 17.3 Å². The molecular formula is C22H23NO6. The van der Waals surface area contributed by atoms with Gasteiger partial charge in [-0.25, -0.2) is 0 Å². The molecule has 0 aliphatic carbocycles. The summed E-state index contributed by atoms with van der Waals surface area (Å²) in [6.07, 6.45) is -0.137. The molecule has 29 heavy (non-hydrogen) atoms. The van der Waals surface area contributed by atoms with E-state index in [1.54, 1.807) is 18.1 Å². The first-order valence-electron chi connectivity index (χ1n) is 9.83. The molecule has 7 nitrogen and oxygen atoms in total. The summed E-state index contributed by atoms with van der Waals surface area (Å²) in [7, 11) is 1.60. The van der Waals surface area contributed by atoms with Gasteiger partial charge in [-0.3, -0.25) is 4.79 Å². The molecule has 3 aliphatic heterocycles. The van der Waals surface area contributed by atoms with Gasteiger partial charge in [-0.2, -0.15) is 0 Å². The minimum absolute atomic E-state index is 0.00430. The van der Waals surface area contributed by atoms with Gasteiger partial charge in [0.15, 0.2) is 11.5 Å². The van der Waals surface area contributed by atoms with Crippen LogP contribution in [0.2, 0.25) is 0 Å². The largest absolute Gasteiger partial charge is 0.496 e. The van der Waals surface area contributed by atoms with Crippen LogP contribution < -0.4 is 19.1 Å². The van der Waals surface area contributed by atoms with Crippen LogP contribution in [0.15, 0.2) is 36.4 Å². The maximum absolute atomic E-state index is 13.6. The van der Waals surface area contributed by atoms with Crippen molar-refractivity contribution < 1.29 is 28.5 Å². The lowest BCUT2D eigenvalue weighted by molar-refractivity contribution is -0.120. The Hall–Kier alpha value is -2.77. The molecule has 3 heterocycles. The van der Waals surface area contributed by atoms with Gasteiger partial charge in [0.25, 0.3) is 0 Å². The molecule has 2 aromatic rings. The highest BCUT2D eigenvalue weighted by Crippen LogP contribution is 2.47. The van der Waals surface area contributed by atoms with E-state index in [0.717, 1.165) is 16.8 Å². The summed E-state index contributed by atoms with van der Waals surface area (Å²) < 4.78 is 28.3. The first-order valence-corrected chi connectivity index (χ1v) is 9.83. The zero-order valence-corrected chi connectivity index (χ0v) is 16.3. The van der Waals surface area contributed by atoms with E-state index in [4.69, 9.17) is 23.7 Å². The number of anilines is 1. The van der Waals surface area contributed by atoms with E-state index in [9.17, 15) is 4.79 Å². The molecular weight excluding hydrogens is 374 g/mol. The Morgan fingerprint density at radius 2 is 1.83 bits per heavy atom. The summed E-state index contributed by atoms with van der Waals surface area (Å²) in [4.78, 5) is 15.4. The lowest BCUT2D eigenvalue weighted by Gasteiger charge is -2.28. The van der Waals surface area contributed by atoms with Crippen LogP contribution in [0, 0.1) is 0 Å². The van der Waals surface area contributed by atoms with Gasteiger partial charge in [0.2, 0.25) is 5.91 Å². The molecule has 7 heteroatoms. The summed E-state index contributed by atoms with van der Waals surface area (Å²) in [6, 6.07) is 11.5. The molecule has 2 atom stereocenters. The average molecular weight is 397 g/mol. The average Bonchev–Trinajstić information content (AvgIpc) is 3.05. The SMILES string of the molecule is COc1cc2c(cc1C1C(=O)N(CC3COCCO3)c3ccccc31)OCCO2. The Kier molecular flexibility index (Phi) is 4.77. The predicted molar refractivity (Wildman–Crippen MR) is 105 cm³/mol. The number of carbonyl (C=O) groups is 1. The number of nitrogens with zero attached hydrogens (tertiary/aromatic N) is 1. The van der Waals surface area contributed by atoms with Crippen LogP contribution in [0.1, 0.15) is 17.0 Å². The zero-order chi connectivity index (χ0) is 19.8. The molecule has 1 fully saturated rings. The van der Waals surface area contributed by atoms with E-state index in [1.165, 1.54) is 0 Å². The van der Waals surface area contributed by atoms with Crippen molar-refractivity contribution in [2.75, 3.05) is 51.6 Å². The number of benzene rings is 2. The third-order valence-corrected chi connectivity index (χ3v) is 5.53. The van der Waals surface area contributed by atoms with Gasteiger partial charge >= 0.3 is 0 Å². The number of hydrogen-bond acceptors (Lipinski definition) is 6. The number of hydrogen-bond donors (Lipinski definition) is 0. The summed E-state index contributed by atoms with van der Waals surface area (Å²) in [6.45, 7) is 3.08. The molecule has 3 aliphatic rings. The summed E-state index contributed by atoms with van der Waals surface area (Å²) in [5, 5.41) is 0. The summed E-state index contributed by atoms with van der Waals surface area (Å²) in [5.74, 6) is 1.42. The predicted octanol–water partition coefficient (Wildman–Crippen LogP) is 2.36. The Balaban J connectivity index is 1.54. The van der Waals surface area contributed by atoms with Crippen LogP contribution in [0.3, 0.4) is 0 Å². The van der Waals surface area contributed by atoms with Crippen LogP contribution in [0.4, 0.5) is 5.69 Å². The van der Waals surface area contributed by atoms with E-state index >= 15 is 0 Å². The molecule has 2 unspecified atom stereocenters. The normalized spacial score (nSPS) is 23.1. The topological polar surface area (TPSA) is 66.5 Å². The highest BCUT2D eigenvalue weighted by Gasteiger charge is 2.41. The van der Waals surface area contributed by atoms with E-state index in [-0.39, 0.29) is 12.0 Å². The third kappa shape index (κ3) is 3.20. The fourth-order valence-electron chi connectivity index (χ4n) is 4.21. The third-order valence-electron chi connectivity index (χ3n) is 5.53. The Morgan fingerprint density at radius 1 is 1.03 bits per heavy atom. The zero-order valence-electron chi connectivity index (χ0n) is 16.3. The van der Waals surface area contributed by atoms with Crippen molar-refractivity contribution in [2.45, 2.75) is 12.0 Å². The maximum Gasteiger partial charge on any atom is 0.239 e. The van der Waals surface area contributed by atoms with Gasteiger partial charge in [0.05, 0.1) is 45.5 Å². The molecule has 2 aromatic carbocycles. The van der Waals surface area contributed by atoms with Crippen molar-refractivity contribution in [3.8, 4) is 17.2 Å². The van der Waals surface area contributed by atoms with Gasteiger partial charge in [0.1, 0.15) is 19.0 Å². The van der Waals surface area contributed by atoms with Gasteiger partial charge < -0.3 is 28.6 Å². The van der Waals surface area contributed by atoms with Crippen molar-refractivity contribution in [2.24, 2.45) is 0 Å². The molecule has 1 saturated heterocycles. The van der Waals surface area contributed by atoms with Gasteiger partial charge in [-0.1, -0.05) is 18.2 Å². The second-order valence-corrected chi connectivity index (χ2v) is 7.25. The first kappa shape index (κ1) is 18.3. The molecule has 0 saturated carbocycles. The second-order valence-electron chi connectivity index (χ2n) is 7.25. The van der Waals surface area contributed by atoms with Crippen molar-refractivity contribution in [3.63, 3.8) is 0 Å². The van der Waals surface area contributed by atoms with Gasteiger partial charge in [-0.15, -0.1) is 0 Å². The molecule has 1 amide bonds. The van der Waals surface area contributed by atoms with Gasteiger partial charge in [-0.05, 0) is 17.7 Å². The Morgan fingerprint density at radius 3 is 2.59 bits per heavy atom. The molecule has 0 aromatic heterocycles. The summed E-state index contributed by atoms with van der Waals surface area (Å²) in [5.41, 5.74) is 2.62. The molecule has 0 spiro atoms. The molecule has 152 valence electrons. The fraction of sp³-hybridized carbons (Fsp3) is 0.409. The van der Waals surface area contributed by atoms with Crippen molar-refractivity contribution in [1.82, 2.24) is 0 Å². The quantitative estimate of drug-likeness (QED) is 0.789. The van der Waals surface area contributed by atoms with E-state index in [0.29, 0.717) is 56.8 Å². The minimum Gasteiger partial charge on any atom is -0.496 e. The standard InChI is InChI=1S/C22H23NO6/c1-25-18-11-20-19(28-8-9-29-20)10-16(18)21-15-4-2-3-5-17(15)23(22(21)24)12-14-13-26-6-7-27-14/h2-5,10-11,14,21H,6-9,12-13H2,1H3. The van der Waals surface area contributed by atoms with E-state index < -0.39 is 5.92 Å². The number of amides is 1. The fourth-order valence-corrected chi connectivity index (χ4v) is 4.21. The van der Waals surface area contributed by atoms with Crippen LogP contribution in [-0.4, -0.2) is 58.7 Å². The van der Waals surface area contributed by atoms with Crippen LogP contribution in [0.5, 0.6) is 17.2 Å². The minimum atomic E-state index is -0.471. The van der Waals surface area contributed by atoms with Crippen molar-refractivity contribution in [3.05, 3.63) is 47.5 Å². The Labute approximate surface area is 169 Å². The highest BCUT2D eigenvalue weighted by atomic mass is 16.6. The van der Waals surface area contributed by atoms with Crippen LogP contribution in [-0.2, 0) is 14.3 Å². The number of methoxy groups -OCH3 is 1. The highest BCUT2D eigenvalue weighted by molar-refractivity contribution is 6.07. The number of carbonyl (C=O) groups excluding carboxylic acids is 1. The number of fused-ring (bicyclic) bond motifs is 2. The van der Waals surface area contributed by atoms with Crippen molar-refractivity contribution in [1.29, 1.82) is 0 Å². The van der Waals surface area contributed by atoms with Crippen molar-refractivity contribution >= 4 is 11.6 Å². The maximum atomic E-state index is 13.6. The monoisotopic (exact) mass is 397 g/mol. The molecule has 5 rings (SSSR count). The van der Waals surface area contributed by atoms with E-state index in [1.807, 2.05) is 30.3 Å². The van der Waals surface area contributed by atoms with E-state index in [2.05, 4.69) is 0 Å². The molecule has 0 radical (unpaired) electrons.